The Labute approximate surface area is 115 Å². The van der Waals surface area contributed by atoms with Crippen LogP contribution in [0.15, 0.2) is 18.2 Å². The number of halogens is 3. The van der Waals surface area contributed by atoms with Gasteiger partial charge in [-0.05, 0) is 31.0 Å². The lowest BCUT2D eigenvalue weighted by molar-refractivity contribution is -0.137. The predicted molar refractivity (Wildman–Crippen MR) is 69.1 cm³/mol. The van der Waals surface area contributed by atoms with Gasteiger partial charge in [-0.2, -0.15) is 13.2 Å². The highest BCUT2D eigenvalue weighted by Gasteiger charge is 2.34. The zero-order valence-electron chi connectivity index (χ0n) is 11.1. The summed E-state index contributed by atoms with van der Waals surface area (Å²) in [6.07, 6.45) is -2.48. The minimum absolute atomic E-state index is 0.0313. The van der Waals surface area contributed by atoms with Crippen LogP contribution >= 0.6 is 0 Å². The Balaban J connectivity index is 2.31. The van der Waals surface area contributed by atoms with Crippen LogP contribution in [-0.4, -0.2) is 32.6 Å². The highest BCUT2D eigenvalue weighted by Crippen LogP contribution is 2.34. The van der Waals surface area contributed by atoms with E-state index in [9.17, 15) is 18.0 Å². The Bertz CT molecular complexity index is 488. The lowest BCUT2D eigenvalue weighted by Crippen LogP contribution is -2.39. The first kappa shape index (κ1) is 14.8. The molecule has 0 N–H and O–H groups in total. The third-order valence-electron chi connectivity index (χ3n) is 3.55. The molecule has 1 atom stereocenters. The summed E-state index contributed by atoms with van der Waals surface area (Å²) in [6.45, 7) is 1.26. The van der Waals surface area contributed by atoms with Gasteiger partial charge in [0.15, 0.2) is 6.29 Å². The summed E-state index contributed by atoms with van der Waals surface area (Å²) in [5.74, 6) is 0. The smallest absolute Gasteiger partial charge is 0.380 e. The van der Waals surface area contributed by atoms with E-state index in [4.69, 9.17) is 4.74 Å². The van der Waals surface area contributed by atoms with Gasteiger partial charge in [-0.15, -0.1) is 0 Å². The van der Waals surface area contributed by atoms with Gasteiger partial charge in [0.05, 0.1) is 11.7 Å². The molecule has 110 valence electrons. The minimum atomic E-state index is -4.53. The molecular weight excluding hydrogens is 271 g/mol. The van der Waals surface area contributed by atoms with E-state index in [0.717, 1.165) is 18.9 Å². The third kappa shape index (κ3) is 3.12. The van der Waals surface area contributed by atoms with Gasteiger partial charge in [0, 0.05) is 31.5 Å². The van der Waals surface area contributed by atoms with Crippen molar-refractivity contribution in [1.29, 1.82) is 0 Å². The largest absolute Gasteiger partial charge is 0.417 e. The van der Waals surface area contributed by atoms with Gasteiger partial charge in [-0.3, -0.25) is 4.79 Å². The van der Waals surface area contributed by atoms with Crippen LogP contribution in [0.1, 0.15) is 28.8 Å². The average Bonchev–Trinajstić information content (AvgIpc) is 2.45. The Morgan fingerprint density at radius 2 is 2.15 bits per heavy atom. The van der Waals surface area contributed by atoms with Crippen molar-refractivity contribution in [3.63, 3.8) is 0 Å². The van der Waals surface area contributed by atoms with Crippen molar-refractivity contribution in [1.82, 2.24) is 0 Å². The second-order valence-electron chi connectivity index (χ2n) is 4.83. The number of hydrogen-bond acceptors (Lipinski definition) is 3. The normalized spacial score (nSPS) is 20.0. The van der Waals surface area contributed by atoms with Crippen LogP contribution in [0.5, 0.6) is 0 Å². The molecule has 1 aromatic rings. The Morgan fingerprint density at radius 1 is 1.40 bits per heavy atom. The molecule has 3 nitrogen and oxygen atoms in total. The summed E-state index contributed by atoms with van der Waals surface area (Å²) >= 11 is 0. The Morgan fingerprint density at radius 3 is 2.75 bits per heavy atom. The first-order valence-electron chi connectivity index (χ1n) is 6.40. The molecule has 1 fully saturated rings. The molecule has 0 spiro atoms. The number of ether oxygens (including phenoxy) is 1. The zero-order valence-corrected chi connectivity index (χ0v) is 11.1. The molecule has 20 heavy (non-hydrogen) atoms. The molecule has 1 heterocycles. The third-order valence-corrected chi connectivity index (χ3v) is 3.55. The lowest BCUT2D eigenvalue weighted by Gasteiger charge is -2.34. The molecule has 0 amide bonds. The van der Waals surface area contributed by atoms with Gasteiger partial charge in [0.1, 0.15) is 0 Å². The van der Waals surface area contributed by atoms with Crippen molar-refractivity contribution in [3.8, 4) is 0 Å². The number of aldehydes is 1. The first-order valence-corrected chi connectivity index (χ1v) is 6.40. The number of anilines is 1. The average molecular weight is 287 g/mol. The molecule has 0 radical (unpaired) electrons. The topological polar surface area (TPSA) is 29.5 Å². The van der Waals surface area contributed by atoms with Crippen LogP contribution in [-0.2, 0) is 10.9 Å². The van der Waals surface area contributed by atoms with Gasteiger partial charge < -0.3 is 9.64 Å². The maximum absolute atomic E-state index is 12.9. The molecule has 0 saturated carbocycles. The molecule has 1 aromatic carbocycles. The number of piperidine rings is 1. The molecule has 1 unspecified atom stereocenters. The van der Waals surface area contributed by atoms with Crippen LogP contribution in [0.2, 0.25) is 0 Å². The van der Waals surface area contributed by atoms with Crippen LogP contribution in [0.4, 0.5) is 18.9 Å². The van der Waals surface area contributed by atoms with Crippen molar-refractivity contribution in [2.75, 3.05) is 25.1 Å². The van der Waals surface area contributed by atoms with Gasteiger partial charge in [-0.1, -0.05) is 0 Å². The molecule has 2 rings (SSSR count). The van der Waals surface area contributed by atoms with Crippen molar-refractivity contribution >= 4 is 12.0 Å². The standard InChI is InChI=1S/C14H16F3NO2/c1-20-12-3-2-6-18(8-12)11-5-4-10(9-19)13(7-11)14(15,16)17/h4-5,7,9,12H,2-3,6,8H2,1H3. The van der Waals surface area contributed by atoms with E-state index in [0.29, 0.717) is 18.8 Å². The van der Waals surface area contributed by atoms with Crippen molar-refractivity contribution in [2.24, 2.45) is 0 Å². The van der Waals surface area contributed by atoms with Crippen LogP contribution in [0, 0.1) is 0 Å². The number of carbonyl (C=O) groups excluding carboxylic acids is 1. The number of benzene rings is 1. The van der Waals surface area contributed by atoms with Crippen LogP contribution in [0.25, 0.3) is 0 Å². The highest BCUT2D eigenvalue weighted by molar-refractivity contribution is 5.79. The van der Waals surface area contributed by atoms with Crippen molar-refractivity contribution < 1.29 is 22.7 Å². The summed E-state index contributed by atoms with van der Waals surface area (Å²) in [5.41, 5.74) is -0.740. The fourth-order valence-corrected chi connectivity index (χ4v) is 2.45. The highest BCUT2D eigenvalue weighted by atomic mass is 19.4. The molecule has 0 bridgehead atoms. The zero-order chi connectivity index (χ0) is 14.8. The molecule has 1 aliphatic rings. The van der Waals surface area contributed by atoms with Crippen molar-refractivity contribution in [2.45, 2.75) is 25.1 Å². The monoisotopic (exact) mass is 287 g/mol. The molecule has 6 heteroatoms. The summed E-state index contributed by atoms with van der Waals surface area (Å²) in [7, 11) is 1.60. The molecule has 1 saturated heterocycles. The van der Waals surface area contributed by atoms with Crippen LogP contribution < -0.4 is 4.90 Å². The maximum atomic E-state index is 12.9. The number of nitrogens with zero attached hydrogens (tertiary/aromatic N) is 1. The van der Waals surface area contributed by atoms with Gasteiger partial charge in [-0.25, -0.2) is 0 Å². The number of methoxy groups -OCH3 is 1. The quantitative estimate of drug-likeness (QED) is 0.800. The van der Waals surface area contributed by atoms with E-state index in [1.165, 1.54) is 6.07 Å². The van der Waals surface area contributed by atoms with E-state index >= 15 is 0 Å². The number of carbonyl (C=O) groups is 1. The Kier molecular flexibility index (Phi) is 4.32. The fraction of sp³-hybridized carbons (Fsp3) is 0.500. The van der Waals surface area contributed by atoms with Gasteiger partial charge in [0.25, 0.3) is 0 Å². The lowest BCUT2D eigenvalue weighted by atomic mass is 10.0. The van der Waals surface area contributed by atoms with Crippen LogP contribution in [0.3, 0.4) is 0 Å². The molecule has 0 aromatic heterocycles. The number of hydrogen-bond donors (Lipinski definition) is 0. The second-order valence-corrected chi connectivity index (χ2v) is 4.83. The van der Waals surface area contributed by atoms with Gasteiger partial charge >= 0.3 is 6.18 Å². The second kappa shape index (κ2) is 5.83. The summed E-state index contributed by atoms with van der Waals surface area (Å²) < 4.78 is 44.0. The summed E-state index contributed by atoms with van der Waals surface area (Å²) in [4.78, 5) is 12.6. The van der Waals surface area contributed by atoms with E-state index in [1.807, 2.05) is 4.90 Å². The minimum Gasteiger partial charge on any atom is -0.380 e. The molecule has 1 aliphatic heterocycles. The maximum Gasteiger partial charge on any atom is 0.417 e. The SMILES string of the molecule is COC1CCCN(c2ccc(C=O)c(C(F)(F)F)c2)C1. The summed E-state index contributed by atoms with van der Waals surface area (Å²) in [6, 6.07) is 3.82. The molecular formula is C14H16F3NO2. The summed E-state index contributed by atoms with van der Waals surface area (Å²) in [5, 5.41) is 0. The van der Waals surface area contributed by atoms with E-state index in [2.05, 4.69) is 0 Å². The van der Waals surface area contributed by atoms with E-state index in [-0.39, 0.29) is 18.0 Å². The fourth-order valence-electron chi connectivity index (χ4n) is 2.45. The van der Waals surface area contributed by atoms with E-state index in [1.54, 1.807) is 13.2 Å². The number of alkyl halides is 3. The van der Waals surface area contributed by atoms with E-state index < -0.39 is 11.7 Å². The van der Waals surface area contributed by atoms with Gasteiger partial charge in [0.2, 0.25) is 0 Å². The molecule has 0 aliphatic carbocycles. The Hall–Kier alpha value is -1.56. The predicted octanol–water partition coefficient (Wildman–Crippen LogP) is 3.13. The first-order chi connectivity index (χ1) is 9.45. The number of rotatable bonds is 3. The van der Waals surface area contributed by atoms with Crippen molar-refractivity contribution in [3.05, 3.63) is 29.3 Å².